The highest BCUT2D eigenvalue weighted by Gasteiger charge is 2.15. The zero-order valence-corrected chi connectivity index (χ0v) is 9.82. The number of nitrogens with zero attached hydrogens (tertiary/aromatic N) is 1. The fourth-order valence-electron chi connectivity index (χ4n) is 1.86. The third-order valence-electron chi connectivity index (χ3n) is 2.74. The summed E-state index contributed by atoms with van der Waals surface area (Å²) < 4.78 is 0. The maximum Gasteiger partial charge on any atom is 0.356 e. The molecule has 17 heavy (non-hydrogen) atoms. The van der Waals surface area contributed by atoms with Gasteiger partial charge in [-0.2, -0.15) is 0 Å². The van der Waals surface area contributed by atoms with E-state index in [9.17, 15) is 4.79 Å². The summed E-state index contributed by atoms with van der Waals surface area (Å²) in [6.07, 6.45) is 0.887. The molecule has 0 atom stereocenters. The van der Waals surface area contributed by atoms with Crippen LogP contribution in [0.3, 0.4) is 0 Å². The van der Waals surface area contributed by atoms with Gasteiger partial charge < -0.3 is 10.1 Å². The van der Waals surface area contributed by atoms with Gasteiger partial charge in [0, 0.05) is 11.3 Å². The average molecular weight is 230 g/mol. The van der Waals surface area contributed by atoms with Crippen molar-refractivity contribution in [3.63, 3.8) is 0 Å². The first kappa shape index (κ1) is 11.4. The molecule has 1 heterocycles. The summed E-state index contributed by atoms with van der Waals surface area (Å²) >= 11 is 0. The summed E-state index contributed by atoms with van der Waals surface area (Å²) in [7, 11) is 0. The Bertz CT molecular complexity index is 558. The van der Waals surface area contributed by atoms with Gasteiger partial charge in [0.2, 0.25) is 0 Å². The van der Waals surface area contributed by atoms with Gasteiger partial charge >= 0.3 is 5.97 Å². The first-order valence-electron chi connectivity index (χ1n) is 5.51. The van der Waals surface area contributed by atoms with Crippen molar-refractivity contribution in [3.8, 4) is 11.4 Å². The molecule has 2 aromatic rings. The molecular formula is C13H14N2O2. The van der Waals surface area contributed by atoms with Gasteiger partial charge in [0.25, 0.3) is 0 Å². The smallest absolute Gasteiger partial charge is 0.356 e. The van der Waals surface area contributed by atoms with Crippen LogP contribution in [0.15, 0.2) is 24.3 Å². The molecule has 2 N–H and O–H groups in total. The summed E-state index contributed by atoms with van der Waals surface area (Å²) in [6.45, 7) is 3.78. The van der Waals surface area contributed by atoms with Crippen molar-refractivity contribution < 1.29 is 9.90 Å². The SMILES string of the molecule is CCc1ccccc1-c1nc(C(=O)O)c(C)[nH]1. The number of carboxylic acid groups (broad SMARTS) is 1. The number of carbonyl (C=O) groups is 1. The quantitative estimate of drug-likeness (QED) is 0.851. The van der Waals surface area contributed by atoms with Crippen LogP contribution >= 0.6 is 0 Å². The molecule has 4 heteroatoms. The van der Waals surface area contributed by atoms with E-state index in [1.807, 2.05) is 24.3 Å². The summed E-state index contributed by atoms with van der Waals surface area (Å²) in [5.41, 5.74) is 2.79. The predicted octanol–water partition coefficient (Wildman–Crippen LogP) is 2.65. The number of aryl methyl sites for hydroxylation is 2. The van der Waals surface area contributed by atoms with E-state index in [0.717, 1.165) is 17.5 Å². The van der Waals surface area contributed by atoms with Crippen LogP contribution in [0.2, 0.25) is 0 Å². The Hall–Kier alpha value is -2.10. The average Bonchev–Trinajstić information content (AvgIpc) is 2.71. The number of nitrogens with one attached hydrogen (secondary N) is 1. The number of aromatic nitrogens is 2. The first-order chi connectivity index (χ1) is 8.13. The molecular weight excluding hydrogens is 216 g/mol. The second-order valence-electron chi connectivity index (χ2n) is 3.87. The van der Waals surface area contributed by atoms with Crippen LogP contribution < -0.4 is 0 Å². The Kier molecular flexibility index (Phi) is 2.95. The lowest BCUT2D eigenvalue weighted by Gasteiger charge is -2.03. The third-order valence-corrected chi connectivity index (χ3v) is 2.74. The van der Waals surface area contributed by atoms with Crippen molar-refractivity contribution in [1.29, 1.82) is 0 Å². The van der Waals surface area contributed by atoms with Crippen LogP contribution in [-0.2, 0) is 6.42 Å². The fourth-order valence-corrected chi connectivity index (χ4v) is 1.86. The molecule has 0 saturated carbocycles. The van der Waals surface area contributed by atoms with Gasteiger partial charge in [-0.15, -0.1) is 0 Å². The zero-order chi connectivity index (χ0) is 12.4. The maximum absolute atomic E-state index is 10.9. The number of aromatic carboxylic acids is 1. The van der Waals surface area contributed by atoms with Crippen LogP contribution in [0.25, 0.3) is 11.4 Å². The van der Waals surface area contributed by atoms with Crippen molar-refractivity contribution in [3.05, 3.63) is 41.2 Å². The fraction of sp³-hybridized carbons (Fsp3) is 0.231. The highest BCUT2D eigenvalue weighted by atomic mass is 16.4. The molecule has 0 fully saturated rings. The molecule has 1 aromatic carbocycles. The number of rotatable bonds is 3. The molecule has 0 radical (unpaired) electrons. The topological polar surface area (TPSA) is 66.0 Å². The van der Waals surface area contributed by atoms with Crippen molar-refractivity contribution in [2.24, 2.45) is 0 Å². The van der Waals surface area contributed by atoms with Gasteiger partial charge in [0.1, 0.15) is 5.82 Å². The Balaban J connectivity index is 2.53. The van der Waals surface area contributed by atoms with Crippen molar-refractivity contribution in [1.82, 2.24) is 9.97 Å². The minimum atomic E-state index is -1.00. The van der Waals surface area contributed by atoms with E-state index in [1.165, 1.54) is 0 Å². The highest BCUT2D eigenvalue weighted by molar-refractivity contribution is 5.87. The number of carboxylic acids is 1. The molecule has 0 bridgehead atoms. The molecule has 0 unspecified atom stereocenters. The zero-order valence-electron chi connectivity index (χ0n) is 9.82. The molecule has 4 nitrogen and oxygen atoms in total. The van der Waals surface area contributed by atoms with Gasteiger partial charge in [-0.1, -0.05) is 31.2 Å². The molecule has 0 aliphatic heterocycles. The lowest BCUT2D eigenvalue weighted by Crippen LogP contribution is -1.98. The third kappa shape index (κ3) is 2.06. The van der Waals surface area contributed by atoms with Gasteiger partial charge in [0.05, 0.1) is 0 Å². The van der Waals surface area contributed by atoms with Crippen molar-refractivity contribution in [2.45, 2.75) is 20.3 Å². The van der Waals surface area contributed by atoms with Crippen LogP contribution in [-0.4, -0.2) is 21.0 Å². The predicted molar refractivity (Wildman–Crippen MR) is 65.1 cm³/mol. The minimum Gasteiger partial charge on any atom is -0.476 e. The van der Waals surface area contributed by atoms with Crippen LogP contribution in [0.1, 0.15) is 28.7 Å². The van der Waals surface area contributed by atoms with Crippen molar-refractivity contribution in [2.75, 3.05) is 0 Å². The maximum atomic E-state index is 10.9. The Labute approximate surface area is 99.3 Å². The summed E-state index contributed by atoms with van der Waals surface area (Å²) in [5, 5.41) is 8.97. The second kappa shape index (κ2) is 4.41. The molecule has 0 aliphatic rings. The van der Waals surface area contributed by atoms with Gasteiger partial charge in [-0.3, -0.25) is 0 Å². The van der Waals surface area contributed by atoms with Crippen LogP contribution in [0, 0.1) is 6.92 Å². The van der Waals surface area contributed by atoms with E-state index in [1.54, 1.807) is 6.92 Å². The van der Waals surface area contributed by atoms with Crippen molar-refractivity contribution >= 4 is 5.97 Å². The van der Waals surface area contributed by atoms with E-state index in [-0.39, 0.29) is 5.69 Å². The largest absolute Gasteiger partial charge is 0.476 e. The van der Waals surface area contributed by atoms with Gasteiger partial charge in [0.15, 0.2) is 5.69 Å². The second-order valence-corrected chi connectivity index (χ2v) is 3.87. The number of hydrogen-bond donors (Lipinski definition) is 2. The van der Waals surface area contributed by atoms with Crippen LogP contribution in [0.4, 0.5) is 0 Å². The molecule has 0 spiro atoms. The Morgan fingerprint density at radius 1 is 1.41 bits per heavy atom. The van der Waals surface area contributed by atoms with Gasteiger partial charge in [-0.25, -0.2) is 9.78 Å². The lowest BCUT2D eigenvalue weighted by atomic mass is 10.1. The molecule has 0 aliphatic carbocycles. The number of benzene rings is 1. The summed E-state index contributed by atoms with van der Waals surface area (Å²) in [5.74, 6) is -0.378. The highest BCUT2D eigenvalue weighted by Crippen LogP contribution is 2.22. The number of H-pyrrole nitrogens is 1. The Morgan fingerprint density at radius 3 is 2.71 bits per heavy atom. The minimum absolute atomic E-state index is 0.0888. The monoisotopic (exact) mass is 230 g/mol. The van der Waals surface area contributed by atoms with E-state index >= 15 is 0 Å². The standard InChI is InChI=1S/C13H14N2O2/c1-3-9-6-4-5-7-10(9)12-14-8(2)11(15-12)13(16)17/h4-7H,3H2,1-2H3,(H,14,15)(H,16,17). The molecule has 0 saturated heterocycles. The van der Waals surface area contributed by atoms with Gasteiger partial charge in [-0.05, 0) is 18.9 Å². The van der Waals surface area contributed by atoms with Crippen LogP contribution in [0.5, 0.6) is 0 Å². The molecule has 2 rings (SSSR count). The summed E-state index contributed by atoms with van der Waals surface area (Å²) in [6, 6.07) is 7.86. The van der Waals surface area contributed by atoms with E-state index in [2.05, 4.69) is 16.9 Å². The molecule has 1 aromatic heterocycles. The number of imidazole rings is 1. The van der Waals surface area contributed by atoms with E-state index < -0.39 is 5.97 Å². The number of hydrogen-bond acceptors (Lipinski definition) is 2. The van der Waals surface area contributed by atoms with E-state index in [4.69, 9.17) is 5.11 Å². The normalized spacial score (nSPS) is 10.5. The molecule has 88 valence electrons. The summed E-state index contributed by atoms with van der Waals surface area (Å²) in [4.78, 5) is 18.1. The first-order valence-corrected chi connectivity index (χ1v) is 5.51. The lowest BCUT2D eigenvalue weighted by molar-refractivity contribution is 0.0690. The van der Waals surface area contributed by atoms with E-state index in [0.29, 0.717) is 11.5 Å². The number of aromatic amines is 1. The molecule has 0 amide bonds. The Morgan fingerprint density at radius 2 is 2.12 bits per heavy atom.